The summed E-state index contributed by atoms with van der Waals surface area (Å²) in [7, 11) is 0. The summed E-state index contributed by atoms with van der Waals surface area (Å²) in [6.45, 7) is 1.47. The topological polar surface area (TPSA) is 48.4 Å². The molecule has 0 atom stereocenters. The third kappa shape index (κ3) is 5.28. The molecule has 4 nitrogen and oxygen atoms in total. The highest BCUT2D eigenvalue weighted by Gasteiger charge is 2.33. The molecule has 0 aliphatic carbocycles. The van der Waals surface area contributed by atoms with Crippen LogP contribution in [0.4, 0.5) is 22.0 Å². The summed E-state index contributed by atoms with van der Waals surface area (Å²) in [5, 5.41) is 0. The first-order valence-corrected chi connectivity index (χ1v) is 6.49. The fraction of sp³-hybridized carbons (Fsp3) is 0.500. The SMILES string of the molecule is CCOC(=O)Cc1nc(C(F)F)c(CCl)cc1OC(F)(F)F. The number of hydrogen-bond donors (Lipinski definition) is 0. The molecule has 1 rings (SSSR count). The molecule has 0 saturated carbocycles. The summed E-state index contributed by atoms with van der Waals surface area (Å²) in [5.41, 5.74) is -1.72. The van der Waals surface area contributed by atoms with Crippen LogP contribution in [0, 0.1) is 0 Å². The van der Waals surface area contributed by atoms with Crippen molar-refractivity contribution >= 4 is 17.6 Å². The van der Waals surface area contributed by atoms with E-state index in [9.17, 15) is 26.7 Å². The van der Waals surface area contributed by atoms with Crippen LogP contribution < -0.4 is 4.74 Å². The first-order chi connectivity index (χ1) is 10.2. The second-order valence-electron chi connectivity index (χ2n) is 3.94. The van der Waals surface area contributed by atoms with Crippen molar-refractivity contribution in [3.63, 3.8) is 0 Å². The lowest BCUT2D eigenvalue weighted by Gasteiger charge is -2.15. The van der Waals surface area contributed by atoms with Crippen molar-refractivity contribution in [3.8, 4) is 5.75 Å². The first kappa shape index (κ1) is 18.4. The lowest BCUT2D eigenvalue weighted by Crippen LogP contribution is -2.20. The van der Waals surface area contributed by atoms with Crippen molar-refractivity contribution in [2.45, 2.75) is 32.0 Å². The van der Waals surface area contributed by atoms with Crippen LogP contribution in [0.15, 0.2) is 6.07 Å². The Morgan fingerprint density at radius 3 is 2.50 bits per heavy atom. The molecule has 124 valence electrons. The molecule has 0 radical (unpaired) electrons. The third-order valence-corrected chi connectivity index (χ3v) is 2.66. The fourth-order valence-electron chi connectivity index (χ4n) is 1.57. The average molecular weight is 348 g/mol. The molecule has 0 spiro atoms. The van der Waals surface area contributed by atoms with E-state index in [4.69, 9.17) is 11.6 Å². The number of halogens is 6. The number of rotatable bonds is 6. The summed E-state index contributed by atoms with van der Waals surface area (Å²) in [4.78, 5) is 14.7. The van der Waals surface area contributed by atoms with Gasteiger partial charge in [0.1, 0.15) is 5.69 Å². The van der Waals surface area contributed by atoms with Crippen molar-refractivity contribution in [1.29, 1.82) is 0 Å². The van der Waals surface area contributed by atoms with E-state index >= 15 is 0 Å². The van der Waals surface area contributed by atoms with Gasteiger partial charge in [0.25, 0.3) is 6.43 Å². The molecule has 10 heteroatoms. The number of aromatic nitrogens is 1. The highest BCUT2D eigenvalue weighted by Crippen LogP contribution is 2.32. The molecule has 0 bridgehead atoms. The Bertz CT molecular complexity index is 536. The maximum atomic E-state index is 12.8. The molecule has 1 aromatic rings. The van der Waals surface area contributed by atoms with Gasteiger partial charge in [-0.2, -0.15) is 0 Å². The van der Waals surface area contributed by atoms with Gasteiger partial charge < -0.3 is 9.47 Å². The quantitative estimate of drug-likeness (QED) is 0.446. The van der Waals surface area contributed by atoms with Gasteiger partial charge in [-0.1, -0.05) is 0 Å². The second kappa shape index (κ2) is 7.57. The summed E-state index contributed by atoms with van der Waals surface area (Å²) in [6.07, 6.45) is -8.86. The van der Waals surface area contributed by atoms with Crippen molar-refractivity contribution in [3.05, 3.63) is 23.0 Å². The Balaban J connectivity index is 3.28. The van der Waals surface area contributed by atoms with Crippen LogP contribution in [0.2, 0.25) is 0 Å². The molecule has 0 aliphatic rings. The molecule has 0 unspecified atom stereocenters. The Morgan fingerprint density at radius 1 is 1.41 bits per heavy atom. The normalized spacial score (nSPS) is 11.6. The Morgan fingerprint density at radius 2 is 2.05 bits per heavy atom. The summed E-state index contributed by atoms with van der Waals surface area (Å²) >= 11 is 5.43. The minimum Gasteiger partial charge on any atom is -0.466 e. The van der Waals surface area contributed by atoms with Crippen LogP contribution >= 0.6 is 11.6 Å². The van der Waals surface area contributed by atoms with Crippen LogP contribution in [0.5, 0.6) is 5.75 Å². The molecule has 0 fully saturated rings. The van der Waals surface area contributed by atoms with Gasteiger partial charge in [-0.25, -0.2) is 13.8 Å². The monoisotopic (exact) mass is 347 g/mol. The van der Waals surface area contributed by atoms with Crippen LogP contribution in [0.25, 0.3) is 0 Å². The minimum absolute atomic E-state index is 0.0181. The molecule has 1 heterocycles. The number of hydrogen-bond acceptors (Lipinski definition) is 4. The number of alkyl halides is 6. The Labute approximate surface area is 127 Å². The zero-order chi connectivity index (χ0) is 16.9. The number of pyridine rings is 1. The van der Waals surface area contributed by atoms with Crippen LogP contribution in [-0.4, -0.2) is 23.9 Å². The van der Waals surface area contributed by atoms with Crippen LogP contribution in [0.1, 0.15) is 30.3 Å². The summed E-state index contributed by atoms with van der Waals surface area (Å²) in [5.74, 6) is -2.26. The predicted molar refractivity (Wildman–Crippen MR) is 65.8 cm³/mol. The largest absolute Gasteiger partial charge is 0.573 e. The minimum atomic E-state index is -5.07. The third-order valence-electron chi connectivity index (χ3n) is 2.37. The van der Waals surface area contributed by atoms with Gasteiger partial charge in [-0.05, 0) is 18.6 Å². The smallest absolute Gasteiger partial charge is 0.466 e. The van der Waals surface area contributed by atoms with Gasteiger partial charge in [0, 0.05) is 5.88 Å². The van der Waals surface area contributed by atoms with Gasteiger partial charge in [0.2, 0.25) is 0 Å². The average Bonchev–Trinajstić information content (AvgIpc) is 2.38. The molecule has 0 saturated heterocycles. The summed E-state index contributed by atoms with van der Waals surface area (Å²) < 4.78 is 71.0. The standard InChI is InChI=1S/C12H11ClF5NO3/c1-2-21-9(20)4-7-8(22-12(16,17)18)3-6(5-13)10(19-7)11(14)15/h3,11H,2,4-5H2,1H3. The zero-order valence-corrected chi connectivity index (χ0v) is 12.0. The second-order valence-corrected chi connectivity index (χ2v) is 4.21. The Hall–Kier alpha value is -1.64. The van der Waals surface area contributed by atoms with E-state index in [1.165, 1.54) is 6.92 Å². The maximum absolute atomic E-state index is 12.8. The highest BCUT2D eigenvalue weighted by atomic mass is 35.5. The number of ether oxygens (including phenoxy) is 2. The number of carbonyl (C=O) groups is 1. The van der Waals surface area contributed by atoms with E-state index in [1.807, 2.05) is 0 Å². The van der Waals surface area contributed by atoms with Gasteiger partial charge >= 0.3 is 12.3 Å². The van der Waals surface area contributed by atoms with E-state index < -0.39 is 48.2 Å². The molecular formula is C12H11ClF5NO3. The van der Waals surface area contributed by atoms with E-state index in [0.29, 0.717) is 6.07 Å². The molecule has 0 aromatic carbocycles. The van der Waals surface area contributed by atoms with Crippen molar-refractivity contribution < 1.29 is 36.2 Å². The molecular weight excluding hydrogens is 337 g/mol. The van der Waals surface area contributed by atoms with E-state index in [2.05, 4.69) is 14.5 Å². The molecule has 0 amide bonds. The zero-order valence-electron chi connectivity index (χ0n) is 11.2. The fourth-order valence-corrected chi connectivity index (χ4v) is 1.79. The van der Waals surface area contributed by atoms with E-state index in [0.717, 1.165) is 0 Å². The molecule has 0 N–H and O–H groups in total. The van der Waals surface area contributed by atoms with Gasteiger partial charge in [0.05, 0.1) is 18.7 Å². The number of carbonyl (C=O) groups excluding carboxylic acids is 1. The molecule has 22 heavy (non-hydrogen) atoms. The highest BCUT2D eigenvalue weighted by molar-refractivity contribution is 6.17. The van der Waals surface area contributed by atoms with Gasteiger partial charge in [0.15, 0.2) is 5.75 Å². The molecule has 1 aromatic heterocycles. The lowest BCUT2D eigenvalue weighted by atomic mass is 10.1. The van der Waals surface area contributed by atoms with Crippen LogP contribution in [-0.2, 0) is 21.8 Å². The summed E-state index contributed by atoms with van der Waals surface area (Å²) in [6, 6.07) is 0.698. The lowest BCUT2D eigenvalue weighted by molar-refractivity contribution is -0.275. The predicted octanol–water partition coefficient (Wildman–Crippen LogP) is 3.76. The van der Waals surface area contributed by atoms with E-state index in [1.54, 1.807) is 0 Å². The van der Waals surface area contributed by atoms with Crippen molar-refractivity contribution in [1.82, 2.24) is 4.98 Å². The van der Waals surface area contributed by atoms with Gasteiger partial charge in [-0.15, -0.1) is 24.8 Å². The first-order valence-electron chi connectivity index (χ1n) is 5.96. The van der Waals surface area contributed by atoms with Gasteiger partial charge in [-0.3, -0.25) is 4.79 Å². The molecule has 0 aliphatic heterocycles. The van der Waals surface area contributed by atoms with E-state index in [-0.39, 0.29) is 12.2 Å². The maximum Gasteiger partial charge on any atom is 0.573 e. The number of nitrogens with zero attached hydrogens (tertiary/aromatic N) is 1. The Kier molecular flexibility index (Phi) is 6.34. The number of esters is 1. The van der Waals surface area contributed by atoms with Crippen molar-refractivity contribution in [2.75, 3.05) is 6.61 Å². The van der Waals surface area contributed by atoms with Crippen LogP contribution in [0.3, 0.4) is 0 Å². The van der Waals surface area contributed by atoms with Crippen molar-refractivity contribution in [2.24, 2.45) is 0 Å².